The van der Waals surface area contributed by atoms with Gasteiger partial charge >= 0.3 is 0 Å². The number of nitrogens with zero attached hydrogens (tertiary/aromatic N) is 1. The second-order valence-electron chi connectivity index (χ2n) is 9.08. The second kappa shape index (κ2) is 7.24. The van der Waals surface area contributed by atoms with Crippen LogP contribution in [0.15, 0.2) is 57.1 Å². The molecule has 0 saturated carbocycles. The van der Waals surface area contributed by atoms with Crippen LogP contribution >= 0.6 is 32.1 Å². The fourth-order valence-electron chi connectivity index (χ4n) is 5.56. The Morgan fingerprint density at radius 1 is 1.00 bits per heavy atom. The molecular weight excluding hydrogens is 498 g/mol. The summed E-state index contributed by atoms with van der Waals surface area (Å²) in [6.45, 7) is 11.4. The van der Waals surface area contributed by atoms with Gasteiger partial charge in [0.1, 0.15) is 0 Å². The largest absolute Gasteiger partial charge is 0.297 e. The van der Waals surface area contributed by atoms with Gasteiger partial charge in [0.05, 0.1) is 27.9 Å². The van der Waals surface area contributed by atoms with E-state index in [2.05, 4.69) is 107 Å². The molecule has 5 rings (SSSR count). The first-order valence-corrected chi connectivity index (χ1v) is 12.2. The first-order chi connectivity index (χ1) is 14.3. The van der Waals surface area contributed by atoms with Crippen LogP contribution in [-0.4, -0.2) is 6.04 Å². The van der Waals surface area contributed by atoms with E-state index in [-0.39, 0.29) is 0 Å². The summed E-state index contributed by atoms with van der Waals surface area (Å²) >= 11 is 7.60. The molecular formula is C27H27Br2N. The zero-order chi connectivity index (χ0) is 21.3. The standard InChI is InChI=1S/C27H27Br2N/c1-14-12-25-23(26-17(4)16(3)18(5)27(26)30(25)29)13-19(14)9-10-20-15(2)11-22-21(20)7-6-8-24(22)28/h6-8,11-13,20,27H,9-10H2,1-5H3. The molecule has 0 bridgehead atoms. The molecule has 30 heavy (non-hydrogen) atoms. The molecule has 2 atom stereocenters. The second-order valence-corrected chi connectivity index (χ2v) is 10.7. The van der Waals surface area contributed by atoms with Crippen molar-refractivity contribution in [1.29, 1.82) is 0 Å². The number of benzene rings is 2. The van der Waals surface area contributed by atoms with Gasteiger partial charge in [-0.15, -0.1) is 0 Å². The zero-order valence-electron chi connectivity index (χ0n) is 18.2. The molecule has 0 spiro atoms. The lowest BCUT2D eigenvalue weighted by Crippen LogP contribution is -2.21. The van der Waals surface area contributed by atoms with Gasteiger partial charge in [0.25, 0.3) is 0 Å². The van der Waals surface area contributed by atoms with Crippen molar-refractivity contribution in [3.63, 3.8) is 0 Å². The van der Waals surface area contributed by atoms with Gasteiger partial charge in [0.2, 0.25) is 0 Å². The maximum atomic E-state index is 3.88. The number of fused-ring (bicyclic) bond motifs is 4. The lowest BCUT2D eigenvalue weighted by molar-refractivity contribution is 0.712. The fraction of sp³-hybridized carbons (Fsp3) is 0.333. The summed E-state index contributed by atoms with van der Waals surface area (Å²) in [5, 5.41) is 0. The minimum absolute atomic E-state index is 0.346. The Hall–Kier alpha value is -1.58. The molecule has 2 unspecified atom stereocenters. The van der Waals surface area contributed by atoms with Crippen molar-refractivity contribution in [2.75, 3.05) is 3.93 Å². The SMILES string of the molecule is CC1=Cc2c(Br)cccc2C1CCc1cc2c(cc1C)N(Br)C1C(C)=C(C)C(C)=C21. The highest BCUT2D eigenvalue weighted by atomic mass is 79.9. The molecule has 0 aromatic heterocycles. The first-order valence-electron chi connectivity index (χ1n) is 10.7. The van der Waals surface area contributed by atoms with E-state index in [0.29, 0.717) is 12.0 Å². The van der Waals surface area contributed by atoms with Crippen LogP contribution < -0.4 is 3.93 Å². The molecule has 0 saturated heterocycles. The summed E-state index contributed by atoms with van der Waals surface area (Å²) in [6, 6.07) is 11.8. The molecule has 1 nitrogen and oxygen atoms in total. The average molecular weight is 525 g/mol. The van der Waals surface area contributed by atoms with E-state index in [9.17, 15) is 0 Å². The van der Waals surface area contributed by atoms with Crippen LogP contribution in [0.4, 0.5) is 5.69 Å². The van der Waals surface area contributed by atoms with Crippen LogP contribution in [0.5, 0.6) is 0 Å². The van der Waals surface area contributed by atoms with Crippen LogP contribution in [0.25, 0.3) is 11.6 Å². The summed E-state index contributed by atoms with van der Waals surface area (Å²) in [6.07, 6.45) is 4.61. The van der Waals surface area contributed by atoms with Gasteiger partial charge in [0, 0.05) is 16.0 Å². The van der Waals surface area contributed by atoms with Crippen molar-refractivity contribution >= 4 is 49.4 Å². The molecule has 2 aromatic carbocycles. The molecule has 0 amide bonds. The number of allylic oxidation sites excluding steroid dienone is 3. The summed E-state index contributed by atoms with van der Waals surface area (Å²) in [5.41, 5.74) is 15.8. The Balaban J connectivity index is 1.47. The predicted molar refractivity (Wildman–Crippen MR) is 136 cm³/mol. The van der Waals surface area contributed by atoms with E-state index in [1.165, 1.54) is 65.8 Å². The van der Waals surface area contributed by atoms with Crippen LogP contribution in [0.1, 0.15) is 67.9 Å². The number of rotatable bonds is 3. The summed E-state index contributed by atoms with van der Waals surface area (Å²) in [7, 11) is 0. The Bertz CT molecular complexity index is 1180. The highest BCUT2D eigenvalue weighted by Gasteiger charge is 2.40. The van der Waals surface area contributed by atoms with Gasteiger partial charge in [-0.1, -0.05) is 39.7 Å². The molecule has 2 aromatic rings. The lowest BCUT2D eigenvalue weighted by atomic mass is 9.88. The van der Waals surface area contributed by atoms with Crippen LogP contribution in [0.3, 0.4) is 0 Å². The van der Waals surface area contributed by atoms with Gasteiger partial charge in [-0.3, -0.25) is 3.93 Å². The average Bonchev–Trinajstić information content (AvgIpc) is 3.27. The van der Waals surface area contributed by atoms with E-state index >= 15 is 0 Å². The molecule has 2 aliphatic carbocycles. The first kappa shape index (κ1) is 20.3. The van der Waals surface area contributed by atoms with Gasteiger partial charge in [-0.2, -0.15) is 0 Å². The quantitative estimate of drug-likeness (QED) is 0.363. The Morgan fingerprint density at radius 2 is 1.77 bits per heavy atom. The molecule has 3 aliphatic rings. The summed E-state index contributed by atoms with van der Waals surface area (Å²) < 4.78 is 3.50. The fourth-order valence-corrected chi connectivity index (χ4v) is 6.86. The number of anilines is 1. The normalized spacial score (nSPS) is 22.0. The summed E-state index contributed by atoms with van der Waals surface area (Å²) in [5.74, 6) is 0.518. The van der Waals surface area contributed by atoms with Gasteiger partial charge in [-0.25, -0.2) is 0 Å². The summed E-state index contributed by atoms with van der Waals surface area (Å²) in [4.78, 5) is 0. The number of halogens is 2. The molecule has 0 fully saturated rings. The van der Waals surface area contributed by atoms with Gasteiger partial charge < -0.3 is 0 Å². The van der Waals surface area contributed by atoms with Crippen LogP contribution in [-0.2, 0) is 6.42 Å². The maximum Gasteiger partial charge on any atom is 0.0879 e. The van der Waals surface area contributed by atoms with E-state index in [1.807, 2.05) is 0 Å². The van der Waals surface area contributed by atoms with Gasteiger partial charge in [-0.05, 0) is 110 Å². The van der Waals surface area contributed by atoms with E-state index in [0.717, 1.165) is 12.8 Å². The highest BCUT2D eigenvalue weighted by Crippen LogP contribution is 2.52. The Labute approximate surface area is 197 Å². The molecule has 1 heterocycles. The van der Waals surface area contributed by atoms with E-state index < -0.39 is 0 Å². The van der Waals surface area contributed by atoms with Crippen molar-refractivity contribution in [2.24, 2.45) is 0 Å². The van der Waals surface area contributed by atoms with E-state index in [1.54, 1.807) is 0 Å². The topological polar surface area (TPSA) is 3.24 Å². The van der Waals surface area contributed by atoms with Crippen molar-refractivity contribution < 1.29 is 0 Å². The zero-order valence-corrected chi connectivity index (χ0v) is 21.4. The van der Waals surface area contributed by atoms with Crippen molar-refractivity contribution in [2.45, 2.75) is 59.4 Å². The molecule has 0 N–H and O–H groups in total. The van der Waals surface area contributed by atoms with Crippen molar-refractivity contribution in [1.82, 2.24) is 0 Å². The van der Waals surface area contributed by atoms with Crippen molar-refractivity contribution in [3.8, 4) is 0 Å². The van der Waals surface area contributed by atoms with E-state index in [4.69, 9.17) is 0 Å². The smallest absolute Gasteiger partial charge is 0.0879 e. The molecule has 154 valence electrons. The molecule has 0 radical (unpaired) electrons. The monoisotopic (exact) mass is 523 g/mol. The number of aryl methyl sites for hydroxylation is 2. The van der Waals surface area contributed by atoms with Crippen LogP contribution in [0.2, 0.25) is 0 Å². The molecule has 3 heteroatoms. The number of hydrogen-bond donors (Lipinski definition) is 0. The third kappa shape index (κ3) is 2.85. The highest BCUT2D eigenvalue weighted by molar-refractivity contribution is 9.10. The third-order valence-corrected chi connectivity index (χ3v) is 9.01. The minimum Gasteiger partial charge on any atom is -0.297 e. The van der Waals surface area contributed by atoms with Gasteiger partial charge in [0.15, 0.2) is 0 Å². The van der Waals surface area contributed by atoms with Crippen LogP contribution in [0, 0.1) is 6.92 Å². The van der Waals surface area contributed by atoms with Crippen molar-refractivity contribution in [3.05, 3.63) is 84.9 Å². The maximum absolute atomic E-state index is 3.88. The third-order valence-electron chi connectivity index (χ3n) is 7.53. The number of hydrogen-bond acceptors (Lipinski definition) is 1. The Morgan fingerprint density at radius 3 is 2.53 bits per heavy atom. The Kier molecular flexibility index (Phi) is 4.91. The lowest BCUT2D eigenvalue weighted by Gasteiger charge is -2.20. The molecule has 1 aliphatic heterocycles. The minimum atomic E-state index is 0.346. The predicted octanol–water partition coefficient (Wildman–Crippen LogP) is 8.51.